The normalized spacial score (nSPS) is 12.0. The van der Waals surface area contributed by atoms with Crippen LogP contribution in [0.25, 0.3) is 11.0 Å². The minimum Gasteiger partial charge on any atom is -0.464 e. The molecule has 1 heterocycles. The molecule has 0 aliphatic heterocycles. The van der Waals surface area contributed by atoms with Crippen LogP contribution in [0.2, 0.25) is 0 Å². The Balaban J connectivity index is 1.62. The number of hydrogen-bond donors (Lipinski definition) is 1. The molecule has 0 fully saturated rings. The Kier molecular flexibility index (Phi) is 5.83. The van der Waals surface area contributed by atoms with Gasteiger partial charge in [-0.3, -0.25) is 9.59 Å². The molecular weight excluding hydrogens is 354 g/mol. The maximum Gasteiger partial charge on any atom is 0.311 e. The van der Waals surface area contributed by atoms with Crippen LogP contribution in [-0.4, -0.2) is 18.0 Å². The highest BCUT2D eigenvalue weighted by molar-refractivity contribution is 5.96. The average molecular weight is 379 g/mol. The first-order valence-corrected chi connectivity index (χ1v) is 9.44. The minimum absolute atomic E-state index is 0.0551. The van der Waals surface area contributed by atoms with Gasteiger partial charge in [0.15, 0.2) is 6.10 Å². The van der Waals surface area contributed by atoms with Gasteiger partial charge in [-0.1, -0.05) is 31.2 Å². The molecule has 2 aromatic carbocycles. The third-order valence-corrected chi connectivity index (χ3v) is 4.79. The van der Waals surface area contributed by atoms with Crippen molar-refractivity contribution in [3.63, 3.8) is 0 Å². The summed E-state index contributed by atoms with van der Waals surface area (Å²) >= 11 is 0. The molecule has 3 rings (SSSR count). The van der Waals surface area contributed by atoms with Crippen molar-refractivity contribution >= 4 is 28.5 Å². The van der Waals surface area contributed by atoms with E-state index >= 15 is 0 Å². The van der Waals surface area contributed by atoms with Crippen LogP contribution in [0.1, 0.15) is 36.1 Å². The maximum atomic E-state index is 12.4. The number of furan rings is 1. The first kappa shape index (κ1) is 19.7. The van der Waals surface area contributed by atoms with Crippen LogP contribution in [0.4, 0.5) is 5.69 Å². The molecule has 5 heteroatoms. The highest BCUT2D eigenvalue weighted by Gasteiger charge is 2.20. The number of amides is 1. The average Bonchev–Trinajstić information content (AvgIpc) is 3.06. The molecule has 0 spiro atoms. The summed E-state index contributed by atoms with van der Waals surface area (Å²) in [5.74, 6) is -0.822. The summed E-state index contributed by atoms with van der Waals surface area (Å²) in [4.78, 5) is 24.7. The summed E-state index contributed by atoms with van der Waals surface area (Å²) in [6.45, 7) is 7.52. The second-order valence-corrected chi connectivity index (χ2v) is 7.06. The number of ether oxygens (including phenoxy) is 1. The van der Waals surface area contributed by atoms with E-state index in [9.17, 15) is 9.59 Å². The molecule has 1 N–H and O–H groups in total. The van der Waals surface area contributed by atoms with Crippen LogP contribution >= 0.6 is 0 Å². The molecule has 0 aliphatic carbocycles. The Morgan fingerprint density at radius 2 is 1.93 bits per heavy atom. The van der Waals surface area contributed by atoms with Crippen LogP contribution in [0.3, 0.4) is 0 Å². The smallest absolute Gasteiger partial charge is 0.311 e. The number of anilines is 1. The Morgan fingerprint density at radius 1 is 1.14 bits per heavy atom. The van der Waals surface area contributed by atoms with Crippen molar-refractivity contribution in [3.8, 4) is 0 Å². The van der Waals surface area contributed by atoms with Crippen LogP contribution in [0.5, 0.6) is 0 Å². The van der Waals surface area contributed by atoms with E-state index in [1.807, 2.05) is 50.2 Å². The largest absolute Gasteiger partial charge is 0.464 e. The second kappa shape index (κ2) is 8.30. The van der Waals surface area contributed by atoms with Gasteiger partial charge in [-0.15, -0.1) is 0 Å². The van der Waals surface area contributed by atoms with Crippen LogP contribution < -0.4 is 5.32 Å². The van der Waals surface area contributed by atoms with Crippen molar-refractivity contribution < 1.29 is 18.7 Å². The van der Waals surface area contributed by atoms with E-state index in [-0.39, 0.29) is 12.3 Å². The van der Waals surface area contributed by atoms with Gasteiger partial charge >= 0.3 is 5.97 Å². The van der Waals surface area contributed by atoms with Gasteiger partial charge in [0.1, 0.15) is 5.58 Å². The Hall–Kier alpha value is -3.08. The van der Waals surface area contributed by atoms with E-state index < -0.39 is 12.1 Å². The van der Waals surface area contributed by atoms with Crippen molar-refractivity contribution in [3.05, 3.63) is 64.9 Å². The Labute approximate surface area is 164 Å². The van der Waals surface area contributed by atoms with Gasteiger partial charge in [-0.25, -0.2) is 0 Å². The molecule has 0 unspecified atom stereocenters. The van der Waals surface area contributed by atoms with E-state index in [1.54, 1.807) is 13.2 Å². The van der Waals surface area contributed by atoms with Crippen molar-refractivity contribution in [2.45, 2.75) is 46.6 Å². The van der Waals surface area contributed by atoms with Gasteiger partial charge in [0.05, 0.1) is 12.7 Å². The number of hydrogen-bond acceptors (Lipinski definition) is 4. The molecule has 0 bridgehead atoms. The molecule has 1 aromatic heterocycles. The fourth-order valence-electron chi connectivity index (χ4n) is 3.04. The van der Waals surface area contributed by atoms with Crippen LogP contribution in [-0.2, 0) is 27.2 Å². The van der Waals surface area contributed by atoms with Crippen LogP contribution in [0.15, 0.2) is 47.1 Å². The molecule has 146 valence electrons. The minimum atomic E-state index is -0.891. The van der Waals surface area contributed by atoms with Gasteiger partial charge in [0.25, 0.3) is 5.91 Å². The predicted molar refractivity (Wildman–Crippen MR) is 109 cm³/mol. The highest BCUT2D eigenvalue weighted by atomic mass is 16.5. The number of aryl methyl sites for hydroxylation is 3. The molecule has 0 saturated heterocycles. The quantitative estimate of drug-likeness (QED) is 0.629. The summed E-state index contributed by atoms with van der Waals surface area (Å²) in [7, 11) is 0. The lowest BCUT2D eigenvalue weighted by molar-refractivity contribution is -0.152. The fraction of sp³-hybridized carbons (Fsp3) is 0.304. The zero-order valence-corrected chi connectivity index (χ0v) is 16.7. The molecule has 5 nitrogen and oxygen atoms in total. The second-order valence-electron chi connectivity index (χ2n) is 7.06. The molecule has 1 atom stereocenters. The summed E-state index contributed by atoms with van der Waals surface area (Å²) in [6, 6.07) is 11.8. The molecule has 0 saturated carbocycles. The first-order valence-electron chi connectivity index (χ1n) is 9.44. The maximum absolute atomic E-state index is 12.4. The Bertz CT molecular complexity index is 1020. The molecule has 0 radical (unpaired) electrons. The number of carbonyl (C=O) groups is 2. The van der Waals surface area contributed by atoms with Gasteiger partial charge in [0, 0.05) is 16.6 Å². The molecule has 28 heavy (non-hydrogen) atoms. The number of rotatable bonds is 6. The van der Waals surface area contributed by atoms with Crippen molar-refractivity contribution in [1.82, 2.24) is 0 Å². The monoisotopic (exact) mass is 379 g/mol. The molecular formula is C23H25NO4. The van der Waals surface area contributed by atoms with Crippen molar-refractivity contribution in [2.75, 3.05) is 5.32 Å². The summed E-state index contributed by atoms with van der Waals surface area (Å²) in [5.41, 5.74) is 5.40. The summed E-state index contributed by atoms with van der Waals surface area (Å²) in [6.07, 6.45) is 1.66. The van der Waals surface area contributed by atoms with E-state index in [1.165, 1.54) is 5.56 Å². The van der Waals surface area contributed by atoms with E-state index in [2.05, 4.69) is 12.2 Å². The number of benzene rings is 2. The number of nitrogens with one attached hydrogen (secondary N) is 1. The van der Waals surface area contributed by atoms with E-state index in [0.29, 0.717) is 0 Å². The molecule has 1 amide bonds. The summed E-state index contributed by atoms with van der Waals surface area (Å²) in [5, 5.41) is 3.71. The van der Waals surface area contributed by atoms with Gasteiger partial charge in [0.2, 0.25) is 0 Å². The predicted octanol–water partition coefficient (Wildman–Crippen LogP) is 4.72. The van der Waals surface area contributed by atoms with Gasteiger partial charge < -0.3 is 14.5 Å². The number of carbonyl (C=O) groups excluding carboxylic acids is 2. The highest BCUT2D eigenvalue weighted by Crippen LogP contribution is 2.23. The van der Waals surface area contributed by atoms with Gasteiger partial charge in [-0.2, -0.15) is 0 Å². The van der Waals surface area contributed by atoms with Crippen molar-refractivity contribution in [1.29, 1.82) is 0 Å². The molecule has 0 aliphatic rings. The standard InChI is InChI=1S/C23H25NO4/c1-5-17-8-9-19-18(13-27-21(19)11-17)12-22(25)28-16(4)23(26)24-20-10-14(2)6-7-15(20)3/h6-11,13,16H,5,12H2,1-4H3,(H,24,26)/t16-/m1/s1. The zero-order chi connectivity index (χ0) is 20.3. The third kappa shape index (κ3) is 4.42. The van der Waals surface area contributed by atoms with E-state index in [0.717, 1.165) is 39.8 Å². The lowest BCUT2D eigenvalue weighted by Gasteiger charge is -2.15. The molecule has 3 aromatic rings. The topological polar surface area (TPSA) is 68.5 Å². The van der Waals surface area contributed by atoms with E-state index in [4.69, 9.17) is 9.15 Å². The third-order valence-electron chi connectivity index (χ3n) is 4.79. The fourth-order valence-corrected chi connectivity index (χ4v) is 3.04. The number of esters is 1. The summed E-state index contributed by atoms with van der Waals surface area (Å²) < 4.78 is 10.9. The lowest BCUT2D eigenvalue weighted by Crippen LogP contribution is -2.30. The number of fused-ring (bicyclic) bond motifs is 1. The van der Waals surface area contributed by atoms with Gasteiger partial charge in [-0.05, 0) is 56.0 Å². The van der Waals surface area contributed by atoms with Crippen molar-refractivity contribution in [2.24, 2.45) is 0 Å². The first-order chi connectivity index (χ1) is 13.4. The SMILES string of the molecule is CCc1ccc2c(CC(=O)O[C@H](C)C(=O)Nc3cc(C)ccc3C)coc2c1. The zero-order valence-electron chi connectivity index (χ0n) is 16.7. The Morgan fingerprint density at radius 3 is 2.68 bits per heavy atom. The van der Waals surface area contributed by atoms with Crippen LogP contribution in [0, 0.1) is 13.8 Å². The lowest BCUT2D eigenvalue weighted by atomic mass is 10.1.